The van der Waals surface area contributed by atoms with Crippen LogP contribution < -0.4 is 10.6 Å². The molecule has 0 unspecified atom stereocenters. The molecule has 1 aliphatic rings. The minimum absolute atomic E-state index is 0.0358. The molecule has 1 aliphatic heterocycles. The number of fused-ring (bicyclic) bond motifs is 1. The summed E-state index contributed by atoms with van der Waals surface area (Å²) in [6.45, 7) is 4.94. The van der Waals surface area contributed by atoms with Gasteiger partial charge in [-0.2, -0.15) is 10.1 Å². The van der Waals surface area contributed by atoms with Crippen molar-refractivity contribution in [3.05, 3.63) is 72.1 Å². The van der Waals surface area contributed by atoms with Gasteiger partial charge in [0.05, 0.1) is 24.4 Å². The molecule has 1 aromatic carbocycles. The summed E-state index contributed by atoms with van der Waals surface area (Å²) in [7, 11) is 0. The van der Waals surface area contributed by atoms with E-state index in [2.05, 4.69) is 36.0 Å². The standard InChI is InChI=1S/C26H25N9O4/c1-3-38-26(37)34-13-17(14-34)24-31-25(33-39-24)29-18-5-4-15(2)20(11-18)30-23(36)21-12-27-22-10-16(7-9-35(21)22)19-6-8-28-32-19/h4-12,17H,3,13-14H2,1-2H3,(H,28,32)(H,29,33)(H,30,36). The Labute approximate surface area is 222 Å². The van der Waals surface area contributed by atoms with Crippen LogP contribution in [0.15, 0.2) is 59.5 Å². The van der Waals surface area contributed by atoms with E-state index in [9.17, 15) is 9.59 Å². The first-order valence-electron chi connectivity index (χ1n) is 12.4. The molecule has 5 aromatic rings. The number of pyridine rings is 1. The predicted octanol–water partition coefficient (Wildman–Crippen LogP) is 3.97. The number of ether oxygens (including phenoxy) is 1. The molecule has 13 heteroatoms. The van der Waals surface area contributed by atoms with Crippen molar-refractivity contribution in [1.82, 2.24) is 34.6 Å². The van der Waals surface area contributed by atoms with Gasteiger partial charge >= 0.3 is 6.09 Å². The summed E-state index contributed by atoms with van der Waals surface area (Å²) in [4.78, 5) is 35.3. The Kier molecular flexibility index (Phi) is 6.15. The molecular weight excluding hydrogens is 502 g/mol. The van der Waals surface area contributed by atoms with Crippen LogP contribution in [0.4, 0.5) is 22.1 Å². The summed E-state index contributed by atoms with van der Waals surface area (Å²) in [5.74, 6) is 0.402. The number of rotatable bonds is 7. The lowest BCUT2D eigenvalue weighted by Crippen LogP contribution is -2.48. The number of amides is 2. The highest BCUT2D eigenvalue weighted by atomic mass is 16.6. The van der Waals surface area contributed by atoms with Crippen LogP contribution in [0.3, 0.4) is 0 Å². The van der Waals surface area contributed by atoms with Gasteiger partial charge in [-0.3, -0.25) is 14.3 Å². The maximum Gasteiger partial charge on any atom is 0.409 e. The van der Waals surface area contributed by atoms with E-state index in [0.717, 1.165) is 16.8 Å². The van der Waals surface area contributed by atoms with Crippen LogP contribution in [0.25, 0.3) is 16.9 Å². The number of nitrogens with one attached hydrogen (secondary N) is 3. The van der Waals surface area contributed by atoms with E-state index in [1.165, 1.54) is 0 Å². The number of aromatic amines is 1. The van der Waals surface area contributed by atoms with Gasteiger partial charge in [0.15, 0.2) is 0 Å². The first-order chi connectivity index (χ1) is 19.0. The van der Waals surface area contributed by atoms with E-state index in [0.29, 0.717) is 48.3 Å². The zero-order valence-electron chi connectivity index (χ0n) is 21.2. The summed E-state index contributed by atoms with van der Waals surface area (Å²) < 4.78 is 12.1. The summed E-state index contributed by atoms with van der Waals surface area (Å²) >= 11 is 0. The SMILES string of the molecule is CCOC(=O)N1CC(c2nc(Nc3ccc(C)c(NC(=O)c4cnc5cc(-c6ccn[nH]6)ccn45)c3)no2)C1. The highest BCUT2D eigenvalue weighted by Crippen LogP contribution is 2.28. The average Bonchev–Trinajstić information content (AvgIpc) is 3.66. The Balaban J connectivity index is 1.13. The molecule has 4 aromatic heterocycles. The first kappa shape index (κ1) is 24.2. The fraction of sp³-hybridized carbons (Fsp3) is 0.231. The van der Waals surface area contributed by atoms with Crippen LogP contribution in [0.2, 0.25) is 0 Å². The van der Waals surface area contributed by atoms with E-state index in [1.54, 1.807) is 40.9 Å². The van der Waals surface area contributed by atoms with Gasteiger partial charge in [-0.25, -0.2) is 9.78 Å². The van der Waals surface area contributed by atoms with Crippen LogP contribution in [0, 0.1) is 6.92 Å². The van der Waals surface area contributed by atoms with Gasteiger partial charge < -0.3 is 24.8 Å². The van der Waals surface area contributed by atoms with Gasteiger partial charge in [0, 0.05) is 42.4 Å². The van der Waals surface area contributed by atoms with E-state index in [-0.39, 0.29) is 23.9 Å². The van der Waals surface area contributed by atoms with Crippen molar-refractivity contribution in [2.45, 2.75) is 19.8 Å². The number of aromatic nitrogens is 6. The number of anilines is 3. The van der Waals surface area contributed by atoms with Crippen molar-refractivity contribution >= 4 is 35.0 Å². The minimum atomic E-state index is -0.344. The number of likely N-dealkylation sites (tertiary alicyclic amines) is 1. The number of carbonyl (C=O) groups is 2. The molecule has 0 atom stereocenters. The van der Waals surface area contributed by atoms with Gasteiger partial charge in [-0.05, 0) is 54.9 Å². The third-order valence-electron chi connectivity index (χ3n) is 6.50. The fourth-order valence-corrected chi connectivity index (χ4v) is 4.33. The molecule has 198 valence electrons. The van der Waals surface area contributed by atoms with Crippen LogP contribution in [-0.4, -0.2) is 66.3 Å². The zero-order valence-corrected chi connectivity index (χ0v) is 21.2. The van der Waals surface area contributed by atoms with E-state index in [4.69, 9.17) is 9.26 Å². The normalized spacial score (nSPS) is 13.3. The maximum absolute atomic E-state index is 13.2. The molecule has 1 saturated heterocycles. The van der Waals surface area contributed by atoms with E-state index in [1.807, 2.05) is 37.3 Å². The molecule has 13 nitrogen and oxygen atoms in total. The highest BCUT2D eigenvalue weighted by molar-refractivity contribution is 6.04. The number of imidazole rings is 1. The second kappa shape index (κ2) is 9.93. The summed E-state index contributed by atoms with van der Waals surface area (Å²) in [5, 5.41) is 17.0. The second-order valence-corrected chi connectivity index (χ2v) is 9.12. The third kappa shape index (κ3) is 4.77. The summed E-state index contributed by atoms with van der Waals surface area (Å²) in [6, 6.07) is 11.2. The molecule has 39 heavy (non-hydrogen) atoms. The first-order valence-corrected chi connectivity index (χ1v) is 12.4. The summed E-state index contributed by atoms with van der Waals surface area (Å²) in [6.07, 6.45) is 4.69. The average molecular weight is 528 g/mol. The second-order valence-electron chi connectivity index (χ2n) is 9.12. The zero-order chi connectivity index (χ0) is 26.9. The minimum Gasteiger partial charge on any atom is -0.450 e. The highest BCUT2D eigenvalue weighted by Gasteiger charge is 2.36. The van der Waals surface area contributed by atoms with Crippen LogP contribution in [-0.2, 0) is 4.74 Å². The van der Waals surface area contributed by atoms with Crippen molar-refractivity contribution < 1.29 is 18.8 Å². The quantitative estimate of drug-likeness (QED) is 0.285. The number of aryl methyl sites for hydroxylation is 1. The Hall–Kier alpha value is -5.20. The van der Waals surface area contributed by atoms with E-state index >= 15 is 0 Å². The molecule has 0 spiro atoms. The number of nitrogens with zero attached hydrogens (tertiary/aromatic N) is 6. The molecule has 6 rings (SSSR count). The van der Waals surface area contributed by atoms with Crippen molar-refractivity contribution in [3.8, 4) is 11.3 Å². The molecule has 1 fully saturated rings. The number of hydrogen-bond donors (Lipinski definition) is 3. The van der Waals surface area contributed by atoms with Gasteiger partial charge in [-0.15, -0.1) is 0 Å². The maximum atomic E-state index is 13.2. The Morgan fingerprint density at radius 1 is 1.21 bits per heavy atom. The summed E-state index contributed by atoms with van der Waals surface area (Å²) in [5.41, 5.74) is 5.01. The number of carbonyl (C=O) groups excluding carboxylic acids is 2. The molecule has 0 radical (unpaired) electrons. The topological polar surface area (TPSA) is 156 Å². The molecule has 0 bridgehead atoms. The van der Waals surface area contributed by atoms with Crippen LogP contribution in [0.5, 0.6) is 0 Å². The lowest BCUT2D eigenvalue weighted by atomic mass is 10.0. The number of hydrogen-bond acceptors (Lipinski definition) is 9. The Morgan fingerprint density at radius 3 is 2.87 bits per heavy atom. The van der Waals surface area contributed by atoms with Gasteiger partial charge in [0.25, 0.3) is 11.9 Å². The van der Waals surface area contributed by atoms with Gasteiger partial charge in [0.2, 0.25) is 5.89 Å². The smallest absolute Gasteiger partial charge is 0.409 e. The van der Waals surface area contributed by atoms with Crippen molar-refractivity contribution in [2.75, 3.05) is 30.3 Å². The van der Waals surface area contributed by atoms with Crippen LogP contribution in [0.1, 0.15) is 34.8 Å². The number of H-pyrrole nitrogens is 1. The monoisotopic (exact) mass is 527 g/mol. The Morgan fingerprint density at radius 2 is 2.08 bits per heavy atom. The lowest BCUT2D eigenvalue weighted by Gasteiger charge is -2.35. The van der Waals surface area contributed by atoms with E-state index < -0.39 is 0 Å². The molecule has 0 aliphatic carbocycles. The van der Waals surface area contributed by atoms with Crippen LogP contribution >= 0.6 is 0 Å². The third-order valence-corrected chi connectivity index (χ3v) is 6.50. The van der Waals surface area contributed by atoms with Crippen molar-refractivity contribution in [1.29, 1.82) is 0 Å². The van der Waals surface area contributed by atoms with Crippen molar-refractivity contribution in [3.63, 3.8) is 0 Å². The lowest BCUT2D eigenvalue weighted by molar-refractivity contribution is 0.0686. The van der Waals surface area contributed by atoms with Gasteiger partial charge in [0.1, 0.15) is 11.3 Å². The molecule has 5 heterocycles. The molecule has 0 saturated carbocycles. The largest absolute Gasteiger partial charge is 0.450 e. The Bertz CT molecular complexity index is 1650. The molecular formula is C26H25N9O4. The molecule has 2 amide bonds. The molecule has 3 N–H and O–H groups in total. The van der Waals surface area contributed by atoms with Gasteiger partial charge in [-0.1, -0.05) is 6.07 Å². The van der Waals surface area contributed by atoms with Crippen molar-refractivity contribution in [2.24, 2.45) is 0 Å². The predicted molar refractivity (Wildman–Crippen MR) is 141 cm³/mol. The fourth-order valence-electron chi connectivity index (χ4n) is 4.33. The number of benzene rings is 1.